The molecule has 1 fully saturated rings. The summed E-state index contributed by atoms with van der Waals surface area (Å²) in [6.07, 6.45) is 7.22. The van der Waals surface area contributed by atoms with Gasteiger partial charge in [0.1, 0.15) is 5.82 Å². The van der Waals surface area contributed by atoms with Crippen LogP contribution in [-0.4, -0.2) is 31.5 Å². The molecule has 5 rings (SSSR count). The molecule has 0 saturated heterocycles. The van der Waals surface area contributed by atoms with Crippen LogP contribution in [0.1, 0.15) is 76.7 Å². The van der Waals surface area contributed by atoms with E-state index in [0.29, 0.717) is 16.5 Å². The van der Waals surface area contributed by atoms with E-state index in [-0.39, 0.29) is 17.0 Å². The Bertz CT molecular complexity index is 1560. The number of aromatic nitrogens is 3. The van der Waals surface area contributed by atoms with Crippen LogP contribution in [0.4, 0.5) is 0 Å². The predicted molar refractivity (Wildman–Crippen MR) is 142 cm³/mol. The number of para-hydroxylation sites is 1. The minimum Gasteiger partial charge on any atom is -0.478 e. The molecule has 2 aromatic heterocycles. The lowest BCUT2D eigenvalue weighted by Crippen LogP contribution is -2.25. The van der Waals surface area contributed by atoms with E-state index in [4.69, 9.17) is 4.98 Å². The average Bonchev–Trinajstić information content (AvgIpc) is 3.16. The highest BCUT2D eigenvalue weighted by molar-refractivity contribution is 5.90. The van der Waals surface area contributed by atoms with Crippen LogP contribution in [0.3, 0.4) is 0 Å². The lowest BCUT2D eigenvalue weighted by atomic mass is 9.88. The van der Waals surface area contributed by atoms with E-state index in [9.17, 15) is 14.7 Å². The Morgan fingerprint density at radius 2 is 1.81 bits per heavy atom. The Morgan fingerprint density at radius 3 is 2.56 bits per heavy atom. The topological polar surface area (TPSA) is 89.5 Å². The zero-order chi connectivity index (χ0) is 25.4. The molecule has 0 spiro atoms. The van der Waals surface area contributed by atoms with E-state index >= 15 is 0 Å². The Morgan fingerprint density at radius 1 is 1.06 bits per heavy atom. The number of carbonyl (C=O) groups is 1. The van der Waals surface area contributed by atoms with Gasteiger partial charge >= 0.3 is 5.97 Å². The van der Waals surface area contributed by atoms with Gasteiger partial charge in [-0.3, -0.25) is 4.79 Å². The molecule has 0 unspecified atom stereocenters. The van der Waals surface area contributed by atoms with Gasteiger partial charge in [-0.15, -0.1) is 0 Å². The van der Waals surface area contributed by atoms with Crippen molar-refractivity contribution in [2.24, 2.45) is 5.10 Å². The summed E-state index contributed by atoms with van der Waals surface area (Å²) in [5.74, 6) is -0.00692. The van der Waals surface area contributed by atoms with Crippen molar-refractivity contribution in [3.05, 3.63) is 92.8 Å². The largest absolute Gasteiger partial charge is 0.478 e. The number of nitrogens with zero attached hydrogens (tertiary/aromatic N) is 4. The summed E-state index contributed by atoms with van der Waals surface area (Å²) in [6.45, 7) is 5.78. The highest BCUT2D eigenvalue weighted by atomic mass is 16.4. The molecule has 1 aliphatic rings. The molecular weight excluding hydrogens is 452 g/mol. The van der Waals surface area contributed by atoms with Gasteiger partial charge in [0.15, 0.2) is 0 Å². The molecule has 184 valence electrons. The second-order valence-electron chi connectivity index (χ2n) is 9.60. The summed E-state index contributed by atoms with van der Waals surface area (Å²) in [5, 5.41) is 14.8. The highest BCUT2D eigenvalue weighted by Gasteiger charge is 2.22. The Kier molecular flexibility index (Phi) is 6.31. The fraction of sp³-hybridized carbons (Fsp3) is 0.310. The molecule has 0 amide bonds. The number of hydrogen-bond acceptors (Lipinski definition) is 4. The van der Waals surface area contributed by atoms with Crippen molar-refractivity contribution >= 4 is 23.1 Å². The van der Waals surface area contributed by atoms with Crippen molar-refractivity contribution in [2.45, 2.75) is 58.8 Å². The van der Waals surface area contributed by atoms with Gasteiger partial charge < -0.3 is 9.67 Å². The molecule has 1 N–H and O–H groups in total. The first kappa shape index (κ1) is 23.7. The molecule has 0 bridgehead atoms. The van der Waals surface area contributed by atoms with E-state index in [1.165, 1.54) is 11.1 Å². The Balaban J connectivity index is 1.61. The molecule has 4 aromatic rings. The molecular formula is C29H30N4O3. The van der Waals surface area contributed by atoms with Crippen molar-refractivity contribution in [2.75, 3.05) is 0 Å². The number of fused-ring (bicyclic) bond motifs is 1. The van der Waals surface area contributed by atoms with Gasteiger partial charge in [0.25, 0.3) is 5.56 Å². The fourth-order valence-electron chi connectivity index (χ4n) is 5.38. The number of carboxylic acids is 1. The fourth-order valence-corrected chi connectivity index (χ4v) is 5.38. The van der Waals surface area contributed by atoms with Gasteiger partial charge in [-0.2, -0.15) is 9.78 Å². The maximum atomic E-state index is 13.5. The van der Waals surface area contributed by atoms with Crippen molar-refractivity contribution in [1.29, 1.82) is 0 Å². The first-order valence-corrected chi connectivity index (χ1v) is 12.4. The SMILES string of the molecule is Cc1c(C(=O)O)cccc1-n1c(C)cc(C=Nn2c(C3CCCCC3)nc3ccccc3c2=O)c1C. The Hall–Kier alpha value is -4.00. The standard InChI is InChI=1S/C29H30N4O3/c1-18-16-22(20(3)32(18)26-15-9-13-23(19(26)2)29(35)36)17-30-33-27(21-10-5-4-6-11-21)31-25-14-8-7-12-24(25)28(33)34/h7-9,12-17,21H,4-6,10-11H2,1-3H3,(H,35,36). The van der Waals surface area contributed by atoms with Crippen molar-refractivity contribution in [1.82, 2.24) is 14.2 Å². The number of rotatable bonds is 5. The van der Waals surface area contributed by atoms with Crippen LogP contribution in [-0.2, 0) is 0 Å². The normalized spacial score (nSPS) is 14.6. The van der Waals surface area contributed by atoms with Gasteiger partial charge in [-0.25, -0.2) is 9.78 Å². The number of carboxylic acid groups (broad SMARTS) is 1. The van der Waals surface area contributed by atoms with Gasteiger partial charge in [-0.05, 0) is 69.5 Å². The van der Waals surface area contributed by atoms with Crippen LogP contribution >= 0.6 is 0 Å². The first-order valence-electron chi connectivity index (χ1n) is 12.4. The minimum absolute atomic E-state index is 0.156. The quantitative estimate of drug-likeness (QED) is 0.367. The lowest BCUT2D eigenvalue weighted by molar-refractivity contribution is 0.0696. The minimum atomic E-state index is -0.947. The summed E-state index contributed by atoms with van der Waals surface area (Å²) < 4.78 is 3.52. The molecule has 0 radical (unpaired) electrons. The van der Waals surface area contributed by atoms with Crippen molar-refractivity contribution in [3.63, 3.8) is 0 Å². The molecule has 2 aromatic carbocycles. The van der Waals surface area contributed by atoms with Gasteiger partial charge in [0, 0.05) is 28.6 Å². The second-order valence-corrected chi connectivity index (χ2v) is 9.60. The molecule has 7 nitrogen and oxygen atoms in total. The van der Waals surface area contributed by atoms with Crippen molar-refractivity contribution < 1.29 is 9.90 Å². The van der Waals surface area contributed by atoms with Crippen LogP contribution in [0.5, 0.6) is 0 Å². The molecule has 7 heteroatoms. The van der Waals surface area contributed by atoms with Gasteiger partial charge in [0.05, 0.1) is 22.7 Å². The highest BCUT2D eigenvalue weighted by Crippen LogP contribution is 2.32. The van der Waals surface area contributed by atoms with Crippen LogP contribution < -0.4 is 5.56 Å². The smallest absolute Gasteiger partial charge is 0.336 e. The summed E-state index contributed by atoms with van der Waals surface area (Å²) in [6, 6.07) is 14.7. The third kappa shape index (κ3) is 4.15. The maximum absolute atomic E-state index is 13.5. The third-order valence-corrected chi connectivity index (χ3v) is 7.31. The van der Waals surface area contributed by atoms with Crippen LogP contribution in [0.15, 0.2) is 58.4 Å². The maximum Gasteiger partial charge on any atom is 0.336 e. The molecule has 0 aliphatic heterocycles. The number of benzene rings is 2. The van der Waals surface area contributed by atoms with Crippen LogP contribution in [0.25, 0.3) is 16.6 Å². The zero-order valence-corrected chi connectivity index (χ0v) is 20.9. The number of hydrogen-bond donors (Lipinski definition) is 1. The third-order valence-electron chi connectivity index (χ3n) is 7.31. The van der Waals surface area contributed by atoms with E-state index < -0.39 is 5.97 Å². The van der Waals surface area contributed by atoms with Crippen LogP contribution in [0, 0.1) is 20.8 Å². The van der Waals surface area contributed by atoms with E-state index in [1.807, 2.05) is 55.7 Å². The van der Waals surface area contributed by atoms with Crippen LogP contribution in [0.2, 0.25) is 0 Å². The van der Waals surface area contributed by atoms with E-state index in [1.54, 1.807) is 24.4 Å². The summed E-state index contributed by atoms with van der Waals surface area (Å²) in [5.41, 5.74) is 5.09. The zero-order valence-electron chi connectivity index (χ0n) is 20.9. The number of aryl methyl sites for hydroxylation is 1. The monoisotopic (exact) mass is 482 g/mol. The molecule has 1 aliphatic carbocycles. The number of aromatic carboxylic acids is 1. The molecule has 0 atom stereocenters. The first-order chi connectivity index (χ1) is 17.4. The van der Waals surface area contributed by atoms with Crippen molar-refractivity contribution in [3.8, 4) is 5.69 Å². The van der Waals surface area contributed by atoms with E-state index in [0.717, 1.165) is 54.1 Å². The van der Waals surface area contributed by atoms with E-state index in [2.05, 4.69) is 5.10 Å². The predicted octanol–water partition coefficient (Wildman–Crippen LogP) is 5.74. The van der Waals surface area contributed by atoms with Gasteiger partial charge in [0.2, 0.25) is 0 Å². The Labute approximate surface area is 209 Å². The molecule has 36 heavy (non-hydrogen) atoms. The average molecular weight is 483 g/mol. The summed E-state index contributed by atoms with van der Waals surface area (Å²) >= 11 is 0. The summed E-state index contributed by atoms with van der Waals surface area (Å²) in [7, 11) is 0. The van der Waals surface area contributed by atoms with Gasteiger partial charge in [-0.1, -0.05) is 37.5 Å². The molecule has 1 saturated carbocycles. The molecule has 2 heterocycles. The second kappa shape index (κ2) is 9.57. The summed E-state index contributed by atoms with van der Waals surface area (Å²) in [4.78, 5) is 30.0. The lowest BCUT2D eigenvalue weighted by Gasteiger charge is -2.22.